The van der Waals surface area contributed by atoms with Crippen molar-refractivity contribution in [3.05, 3.63) is 0 Å². The molecule has 2 N–H and O–H groups in total. The van der Waals surface area contributed by atoms with E-state index in [1.165, 1.54) is 6.42 Å². The van der Waals surface area contributed by atoms with Gasteiger partial charge in [-0.05, 0) is 37.0 Å². The van der Waals surface area contributed by atoms with Crippen LogP contribution in [0.15, 0.2) is 0 Å². The average Bonchev–Trinajstić information content (AvgIpc) is 3.08. The number of hydrogen-bond acceptors (Lipinski definition) is 2. The van der Waals surface area contributed by atoms with Gasteiger partial charge in [0.2, 0.25) is 0 Å². The molecule has 5 heteroatoms. The lowest BCUT2D eigenvalue weighted by Crippen LogP contribution is -2.39. The minimum absolute atomic E-state index is 0.0165. The number of carboxylic acids is 1. The number of carbonyl (C=O) groups is 2. The minimum atomic E-state index is -0.745. The molecule has 0 saturated heterocycles. The summed E-state index contributed by atoms with van der Waals surface area (Å²) in [5.74, 6) is 1.06. The highest BCUT2D eigenvalue weighted by Gasteiger charge is 2.34. The van der Waals surface area contributed by atoms with Crippen LogP contribution in [0.1, 0.15) is 46.0 Å². The predicted octanol–water partition coefficient (Wildman–Crippen LogP) is 2.56. The van der Waals surface area contributed by atoms with Crippen molar-refractivity contribution in [3.63, 3.8) is 0 Å². The Morgan fingerprint density at radius 3 is 2.55 bits per heavy atom. The van der Waals surface area contributed by atoms with Crippen molar-refractivity contribution < 1.29 is 14.7 Å². The van der Waals surface area contributed by atoms with Crippen molar-refractivity contribution in [2.24, 2.45) is 17.8 Å². The summed E-state index contributed by atoms with van der Waals surface area (Å²) in [6.45, 7) is 5.74. The lowest BCUT2D eigenvalue weighted by molar-refractivity contribution is -0.137. The van der Waals surface area contributed by atoms with Crippen LogP contribution >= 0.6 is 0 Å². The summed E-state index contributed by atoms with van der Waals surface area (Å²) < 4.78 is 0. The van der Waals surface area contributed by atoms with Gasteiger partial charge >= 0.3 is 12.0 Å². The van der Waals surface area contributed by atoms with Crippen LogP contribution in [0.2, 0.25) is 0 Å². The quantitative estimate of drug-likeness (QED) is 0.683. The average molecular weight is 284 g/mol. The van der Waals surface area contributed by atoms with Crippen LogP contribution < -0.4 is 5.32 Å². The maximum Gasteiger partial charge on any atom is 0.317 e. The van der Waals surface area contributed by atoms with E-state index in [9.17, 15) is 9.59 Å². The third-order valence-corrected chi connectivity index (χ3v) is 4.30. The molecular formula is C15H28N2O3. The van der Waals surface area contributed by atoms with Crippen molar-refractivity contribution >= 4 is 12.0 Å². The molecule has 116 valence electrons. The molecule has 0 heterocycles. The second kappa shape index (κ2) is 8.12. The second-order valence-corrected chi connectivity index (χ2v) is 6.08. The molecule has 1 fully saturated rings. The normalized spacial score (nSPS) is 22.1. The first-order valence-corrected chi connectivity index (χ1v) is 7.64. The third-order valence-electron chi connectivity index (χ3n) is 4.30. The number of carbonyl (C=O) groups excluding carboxylic acids is 1. The molecule has 20 heavy (non-hydrogen) atoms. The van der Waals surface area contributed by atoms with Gasteiger partial charge in [-0.25, -0.2) is 4.79 Å². The summed E-state index contributed by atoms with van der Waals surface area (Å²) >= 11 is 0. The van der Waals surface area contributed by atoms with Crippen LogP contribution in [0.5, 0.6) is 0 Å². The van der Waals surface area contributed by atoms with Gasteiger partial charge in [0.25, 0.3) is 0 Å². The van der Waals surface area contributed by atoms with Gasteiger partial charge < -0.3 is 15.3 Å². The minimum Gasteiger partial charge on any atom is -0.481 e. The Bertz CT molecular complexity index is 333. The molecule has 0 spiro atoms. The van der Waals surface area contributed by atoms with E-state index < -0.39 is 5.97 Å². The second-order valence-electron chi connectivity index (χ2n) is 6.08. The fraction of sp³-hybridized carbons (Fsp3) is 0.867. The van der Waals surface area contributed by atoms with E-state index in [1.54, 1.807) is 4.90 Å². The van der Waals surface area contributed by atoms with Crippen LogP contribution in [0.3, 0.4) is 0 Å². The zero-order valence-corrected chi connectivity index (χ0v) is 12.9. The molecule has 2 amide bonds. The smallest absolute Gasteiger partial charge is 0.317 e. The molecule has 0 aliphatic heterocycles. The summed E-state index contributed by atoms with van der Waals surface area (Å²) in [5, 5.41) is 11.6. The Hall–Kier alpha value is -1.26. The van der Waals surface area contributed by atoms with E-state index in [1.807, 2.05) is 7.05 Å². The van der Waals surface area contributed by atoms with Gasteiger partial charge in [0.15, 0.2) is 0 Å². The fourth-order valence-corrected chi connectivity index (χ4v) is 2.49. The van der Waals surface area contributed by atoms with Crippen molar-refractivity contribution in [1.82, 2.24) is 10.2 Å². The lowest BCUT2D eigenvalue weighted by atomic mass is 9.97. The predicted molar refractivity (Wildman–Crippen MR) is 78.6 cm³/mol. The Kier molecular flexibility index (Phi) is 6.82. The van der Waals surface area contributed by atoms with E-state index in [0.717, 1.165) is 25.3 Å². The van der Waals surface area contributed by atoms with E-state index in [4.69, 9.17) is 5.11 Å². The maximum atomic E-state index is 11.9. The highest BCUT2D eigenvalue weighted by atomic mass is 16.4. The molecule has 5 nitrogen and oxygen atoms in total. The summed E-state index contributed by atoms with van der Waals surface area (Å²) in [6, 6.07) is -0.0165. The molecule has 1 saturated carbocycles. The zero-order valence-electron chi connectivity index (χ0n) is 12.9. The number of hydrogen-bond donors (Lipinski definition) is 2. The molecule has 0 radical (unpaired) electrons. The first-order chi connectivity index (χ1) is 9.43. The van der Waals surface area contributed by atoms with Gasteiger partial charge in [-0.1, -0.05) is 20.3 Å². The Labute approximate surface area is 121 Å². The summed E-state index contributed by atoms with van der Waals surface area (Å²) in [6.07, 6.45) is 3.94. The number of nitrogens with zero attached hydrogens (tertiary/aromatic N) is 1. The SMILES string of the molecule is CCC(CCNC(=O)N(C)CC1CC1C)CCC(=O)O. The Morgan fingerprint density at radius 2 is 2.05 bits per heavy atom. The van der Waals surface area contributed by atoms with E-state index in [-0.39, 0.29) is 12.5 Å². The van der Waals surface area contributed by atoms with E-state index in [2.05, 4.69) is 19.2 Å². The lowest BCUT2D eigenvalue weighted by Gasteiger charge is -2.19. The molecule has 1 rings (SSSR count). The fourth-order valence-electron chi connectivity index (χ4n) is 2.49. The highest BCUT2D eigenvalue weighted by Crippen LogP contribution is 2.37. The number of nitrogens with one attached hydrogen (secondary N) is 1. The highest BCUT2D eigenvalue weighted by molar-refractivity contribution is 5.73. The molecule has 3 unspecified atom stereocenters. The molecule has 1 aliphatic carbocycles. The molecule has 0 aromatic heterocycles. The molecular weight excluding hydrogens is 256 g/mol. The molecule has 1 aliphatic rings. The largest absolute Gasteiger partial charge is 0.481 e. The topological polar surface area (TPSA) is 69.6 Å². The molecule has 0 aromatic carbocycles. The van der Waals surface area contributed by atoms with E-state index in [0.29, 0.717) is 24.8 Å². The van der Waals surface area contributed by atoms with Crippen LogP contribution in [0.25, 0.3) is 0 Å². The Balaban J connectivity index is 2.14. The van der Waals surface area contributed by atoms with Gasteiger partial charge in [-0.2, -0.15) is 0 Å². The van der Waals surface area contributed by atoms with Gasteiger partial charge in [0.1, 0.15) is 0 Å². The standard InChI is InChI=1S/C15H28N2O3/c1-4-12(5-6-14(18)19)7-8-16-15(20)17(3)10-13-9-11(13)2/h11-13H,4-10H2,1-3H3,(H,16,20)(H,18,19). The number of amides is 2. The molecule has 3 atom stereocenters. The van der Waals surface area contributed by atoms with Crippen LogP contribution in [-0.2, 0) is 4.79 Å². The molecule has 0 bridgehead atoms. The monoisotopic (exact) mass is 284 g/mol. The van der Waals surface area contributed by atoms with Gasteiger partial charge in [0, 0.05) is 26.6 Å². The van der Waals surface area contributed by atoms with Crippen molar-refractivity contribution in [1.29, 1.82) is 0 Å². The van der Waals surface area contributed by atoms with Gasteiger partial charge in [-0.15, -0.1) is 0 Å². The van der Waals surface area contributed by atoms with Gasteiger partial charge in [-0.3, -0.25) is 4.79 Å². The zero-order chi connectivity index (χ0) is 15.1. The first-order valence-electron chi connectivity index (χ1n) is 7.64. The van der Waals surface area contributed by atoms with Crippen molar-refractivity contribution in [2.45, 2.75) is 46.0 Å². The van der Waals surface area contributed by atoms with Crippen LogP contribution in [-0.4, -0.2) is 42.1 Å². The van der Waals surface area contributed by atoms with Crippen LogP contribution in [0.4, 0.5) is 4.79 Å². The maximum absolute atomic E-state index is 11.9. The summed E-state index contributed by atoms with van der Waals surface area (Å²) in [5.41, 5.74) is 0. The number of aliphatic carboxylic acids is 1. The summed E-state index contributed by atoms with van der Waals surface area (Å²) in [7, 11) is 1.84. The molecule has 0 aromatic rings. The van der Waals surface area contributed by atoms with Crippen molar-refractivity contribution in [2.75, 3.05) is 20.1 Å². The van der Waals surface area contributed by atoms with Gasteiger partial charge in [0.05, 0.1) is 0 Å². The van der Waals surface area contributed by atoms with Crippen LogP contribution in [0, 0.1) is 17.8 Å². The number of carboxylic acid groups (broad SMARTS) is 1. The third kappa shape index (κ3) is 6.26. The summed E-state index contributed by atoms with van der Waals surface area (Å²) in [4.78, 5) is 24.2. The number of rotatable bonds is 9. The first kappa shape index (κ1) is 16.8. The van der Waals surface area contributed by atoms with Crippen molar-refractivity contribution in [3.8, 4) is 0 Å². The Morgan fingerprint density at radius 1 is 1.40 bits per heavy atom. The number of urea groups is 1. The van der Waals surface area contributed by atoms with E-state index >= 15 is 0 Å².